The van der Waals surface area contributed by atoms with Crippen molar-refractivity contribution in [2.45, 2.75) is 46.2 Å². The van der Waals surface area contributed by atoms with Gasteiger partial charge in [0, 0.05) is 16.1 Å². The molecule has 0 unspecified atom stereocenters. The molecular formula is C16H22BrN5O. The third-order valence-electron chi connectivity index (χ3n) is 3.42. The van der Waals surface area contributed by atoms with Gasteiger partial charge in [-0.25, -0.2) is 0 Å². The number of nitrogens with zero attached hydrogens (tertiary/aromatic N) is 4. The van der Waals surface area contributed by atoms with Crippen LogP contribution in [0.1, 0.15) is 33.6 Å². The summed E-state index contributed by atoms with van der Waals surface area (Å²) in [5.41, 5.74) is 0.866. The van der Waals surface area contributed by atoms with Gasteiger partial charge in [0.1, 0.15) is 6.54 Å². The van der Waals surface area contributed by atoms with Crippen LogP contribution in [0.25, 0.3) is 11.4 Å². The van der Waals surface area contributed by atoms with Gasteiger partial charge in [0.05, 0.1) is 0 Å². The Bertz CT molecular complexity index is 638. The maximum absolute atomic E-state index is 12.0. The number of hydrogen-bond donors (Lipinski definition) is 1. The van der Waals surface area contributed by atoms with Crippen molar-refractivity contribution in [2.24, 2.45) is 5.92 Å². The van der Waals surface area contributed by atoms with Gasteiger partial charge in [-0.15, -0.1) is 10.2 Å². The van der Waals surface area contributed by atoms with E-state index >= 15 is 0 Å². The van der Waals surface area contributed by atoms with Gasteiger partial charge in [-0.05, 0) is 55.2 Å². The molecule has 0 aliphatic carbocycles. The number of rotatable bonds is 7. The summed E-state index contributed by atoms with van der Waals surface area (Å²) in [6.07, 6.45) is 2.06. The molecule has 0 bridgehead atoms. The van der Waals surface area contributed by atoms with Crippen LogP contribution in [0.5, 0.6) is 0 Å². The zero-order valence-corrected chi connectivity index (χ0v) is 15.2. The summed E-state index contributed by atoms with van der Waals surface area (Å²) in [5.74, 6) is 1.05. The van der Waals surface area contributed by atoms with Crippen LogP contribution in [0.2, 0.25) is 0 Å². The topological polar surface area (TPSA) is 72.7 Å². The molecule has 1 N–H and O–H groups in total. The molecule has 7 heteroatoms. The lowest BCUT2D eigenvalue weighted by atomic mass is 10.0. The summed E-state index contributed by atoms with van der Waals surface area (Å²) in [6, 6.07) is 7.79. The monoisotopic (exact) mass is 379 g/mol. The number of carbonyl (C=O) groups excluding carboxylic acids is 1. The molecule has 1 aromatic carbocycles. The first kappa shape index (κ1) is 17.6. The van der Waals surface area contributed by atoms with Gasteiger partial charge in [0.2, 0.25) is 11.7 Å². The summed E-state index contributed by atoms with van der Waals surface area (Å²) < 4.78 is 0.989. The molecule has 23 heavy (non-hydrogen) atoms. The number of nitrogens with one attached hydrogen (secondary N) is 1. The van der Waals surface area contributed by atoms with Crippen molar-refractivity contribution in [3.8, 4) is 11.4 Å². The fourth-order valence-corrected chi connectivity index (χ4v) is 2.39. The quantitative estimate of drug-likeness (QED) is 0.802. The molecule has 1 heterocycles. The molecule has 0 radical (unpaired) electrons. The maximum atomic E-state index is 12.0. The fourth-order valence-electron chi connectivity index (χ4n) is 2.13. The Morgan fingerprint density at radius 3 is 2.57 bits per heavy atom. The second-order valence-electron chi connectivity index (χ2n) is 6.09. The lowest BCUT2D eigenvalue weighted by Gasteiger charge is -2.14. The summed E-state index contributed by atoms with van der Waals surface area (Å²) in [6.45, 7) is 6.45. The van der Waals surface area contributed by atoms with Crippen LogP contribution in [-0.4, -0.2) is 32.2 Å². The molecule has 1 atom stereocenters. The number of halogens is 1. The van der Waals surface area contributed by atoms with Crippen LogP contribution in [0.4, 0.5) is 0 Å². The van der Waals surface area contributed by atoms with Crippen LogP contribution in [0, 0.1) is 5.92 Å². The zero-order valence-electron chi connectivity index (χ0n) is 13.7. The Morgan fingerprint density at radius 1 is 1.22 bits per heavy atom. The van der Waals surface area contributed by atoms with Crippen LogP contribution in [-0.2, 0) is 11.3 Å². The number of hydrogen-bond acceptors (Lipinski definition) is 4. The number of amides is 1. The van der Waals surface area contributed by atoms with Crippen LogP contribution in [0.3, 0.4) is 0 Å². The maximum Gasteiger partial charge on any atom is 0.243 e. The van der Waals surface area contributed by atoms with Crippen molar-refractivity contribution in [1.82, 2.24) is 25.5 Å². The second kappa shape index (κ2) is 8.19. The van der Waals surface area contributed by atoms with E-state index in [1.165, 1.54) is 4.80 Å². The first-order chi connectivity index (χ1) is 10.9. The van der Waals surface area contributed by atoms with Crippen LogP contribution >= 0.6 is 15.9 Å². The third kappa shape index (κ3) is 5.74. The number of carbonyl (C=O) groups is 1. The van der Waals surface area contributed by atoms with E-state index in [4.69, 9.17) is 0 Å². The molecule has 1 aromatic heterocycles. The zero-order chi connectivity index (χ0) is 16.8. The molecule has 2 rings (SSSR count). The predicted octanol–water partition coefficient (Wildman–Crippen LogP) is 3.04. The average molecular weight is 380 g/mol. The Kier molecular flexibility index (Phi) is 6.27. The van der Waals surface area contributed by atoms with Gasteiger partial charge in [0.15, 0.2) is 0 Å². The van der Waals surface area contributed by atoms with Crippen molar-refractivity contribution < 1.29 is 4.79 Å². The van der Waals surface area contributed by atoms with Crippen molar-refractivity contribution in [2.75, 3.05) is 0 Å². The highest BCUT2D eigenvalue weighted by molar-refractivity contribution is 9.10. The first-order valence-electron chi connectivity index (χ1n) is 7.77. The summed E-state index contributed by atoms with van der Waals surface area (Å²) in [5, 5.41) is 15.2. The average Bonchev–Trinajstić information content (AvgIpc) is 2.94. The van der Waals surface area contributed by atoms with Crippen molar-refractivity contribution >= 4 is 21.8 Å². The molecule has 124 valence electrons. The SMILES string of the molecule is CC(C)CC[C@@H](C)NC(=O)Cn1nnc(-c2ccc(Br)cc2)n1. The largest absolute Gasteiger partial charge is 0.352 e. The highest BCUT2D eigenvalue weighted by atomic mass is 79.9. The van der Waals surface area contributed by atoms with Gasteiger partial charge in [-0.2, -0.15) is 4.80 Å². The van der Waals surface area contributed by atoms with E-state index in [0.717, 1.165) is 22.9 Å². The van der Waals surface area contributed by atoms with Gasteiger partial charge in [-0.3, -0.25) is 4.79 Å². The number of benzene rings is 1. The molecule has 0 aliphatic heterocycles. The van der Waals surface area contributed by atoms with Crippen molar-refractivity contribution in [1.29, 1.82) is 0 Å². The highest BCUT2D eigenvalue weighted by Crippen LogP contribution is 2.17. The van der Waals surface area contributed by atoms with Crippen molar-refractivity contribution in [3.63, 3.8) is 0 Å². The third-order valence-corrected chi connectivity index (χ3v) is 3.95. The molecule has 0 saturated carbocycles. The molecule has 0 fully saturated rings. The smallest absolute Gasteiger partial charge is 0.243 e. The second-order valence-corrected chi connectivity index (χ2v) is 7.01. The number of aromatic nitrogens is 4. The minimum absolute atomic E-state index is 0.0789. The molecule has 2 aromatic rings. The van der Waals surface area contributed by atoms with Crippen molar-refractivity contribution in [3.05, 3.63) is 28.7 Å². The normalized spacial score (nSPS) is 12.4. The molecule has 1 amide bonds. The summed E-state index contributed by atoms with van der Waals surface area (Å²) >= 11 is 3.39. The van der Waals surface area contributed by atoms with Crippen LogP contribution in [0.15, 0.2) is 28.7 Å². The molecule has 0 saturated heterocycles. The van der Waals surface area contributed by atoms with Gasteiger partial charge in [0.25, 0.3) is 0 Å². The number of tetrazole rings is 1. The van der Waals surface area contributed by atoms with Gasteiger partial charge >= 0.3 is 0 Å². The van der Waals surface area contributed by atoms with E-state index in [-0.39, 0.29) is 18.5 Å². The van der Waals surface area contributed by atoms with E-state index in [1.54, 1.807) is 0 Å². The first-order valence-corrected chi connectivity index (χ1v) is 8.56. The van der Waals surface area contributed by atoms with E-state index in [0.29, 0.717) is 11.7 Å². The summed E-state index contributed by atoms with van der Waals surface area (Å²) in [7, 11) is 0. The Morgan fingerprint density at radius 2 is 1.91 bits per heavy atom. The molecular weight excluding hydrogens is 358 g/mol. The minimum Gasteiger partial charge on any atom is -0.352 e. The Hall–Kier alpha value is -1.76. The van der Waals surface area contributed by atoms with E-state index < -0.39 is 0 Å². The Labute approximate surface area is 144 Å². The van der Waals surface area contributed by atoms with E-state index in [2.05, 4.69) is 50.5 Å². The minimum atomic E-state index is -0.0963. The summed E-state index contributed by atoms with van der Waals surface area (Å²) in [4.78, 5) is 13.3. The standard InChI is InChI=1S/C16H22BrN5O/c1-11(2)4-5-12(3)18-15(23)10-22-20-16(19-21-22)13-6-8-14(17)9-7-13/h6-9,11-12H,4-5,10H2,1-3H3,(H,18,23)/t12-/m1/s1. The van der Waals surface area contributed by atoms with E-state index in [9.17, 15) is 4.79 Å². The molecule has 0 spiro atoms. The fraction of sp³-hybridized carbons (Fsp3) is 0.500. The highest BCUT2D eigenvalue weighted by Gasteiger charge is 2.12. The van der Waals surface area contributed by atoms with E-state index in [1.807, 2.05) is 31.2 Å². The molecule has 6 nitrogen and oxygen atoms in total. The lowest BCUT2D eigenvalue weighted by molar-refractivity contribution is -0.122. The Balaban J connectivity index is 1.88. The van der Waals surface area contributed by atoms with Gasteiger partial charge in [-0.1, -0.05) is 29.8 Å². The van der Waals surface area contributed by atoms with Gasteiger partial charge < -0.3 is 5.32 Å². The predicted molar refractivity (Wildman–Crippen MR) is 92.6 cm³/mol. The lowest BCUT2D eigenvalue weighted by Crippen LogP contribution is -2.35. The van der Waals surface area contributed by atoms with Crippen LogP contribution < -0.4 is 5.32 Å². The molecule has 0 aliphatic rings.